The van der Waals surface area contributed by atoms with Crippen LogP contribution < -0.4 is 16.6 Å². The third kappa shape index (κ3) is 5.43. The molecule has 0 saturated heterocycles. The number of sulfonamides is 1. The van der Waals surface area contributed by atoms with E-state index in [4.69, 9.17) is 0 Å². The van der Waals surface area contributed by atoms with Crippen LogP contribution in [-0.2, 0) is 28.9 Å². The van der Waals surface area contributed by atoms with Crippen molar-refractivity contribution in [2.45, 2.75) is 44.4 Å². The van der Waals surface area contributed by atoms with E-state index in [1.165, 1.54) is 43.9 Å². The maximum atomic E-state index is 13.0. The minimum Gasteiger partial charge on any atom is -0.355 e. The quantitative estimate of drug-likeness (QED) is 0.582. The fraction of sp³-hybridized carbons (Fsp3) is 0.571. The van der Waals surface area contributed by atoms with Crippen LogP contribution >= 0.6 is 0 Å². The smallest absolute Gasteiger partial charge is 0.330 e. The molecule has 172 valence electrons. The van der Waals surface area contributed by atoms with Crippen LogP contribution in [0.5, 0.6) is 0 Å². The Balaban J connectivity index is 2.21. The number of carbonyl (C=O) groups is 1. The molecule has 10 heteroatoms. The molecule has 31 heavy (non-hydrogen) atoms. The molecule has 0 aliphatic carbocycles. The van der Waals surface area contributed by atoms with Gasteiger partial charge in [-0.2, -0.15) is 4.31 Å². The maximum Gasteiger partial charge on any atom is 0.330 e. The predicted molar refractivity (Wildman–Crippen MR) is 121 cm³/mol. The van der Waals surface area contributed by atoms with Crippen LogP contribution in [0.2, 0.25) is 0 Å². The molecule has 1 aromatic carbocycles. The molecule has 1 atom stereocenters. The number of amides is 1. The van der Waals surface area contributed by atoms with E-state index in [-0.39, 0.29) is 22.7 Å². The molecule has 2 rings (SSSR count). The van der Waals surface area contributed by atoms with Crippen molar-refractivity contribution in [3.63, 3.8) is 0 Å². The first-order valence-corrected chi connectivity index (χ1v) is 11.9. The van der Waals surface area contributed by atoms with Gasteiger partial charge in [0, 0.05) is 27.7 Å². The van der Waals surface area contributed by atoms with E-state index >= 15 is 0 Å². The molecule has 0 radical (unpaired) electrons. The van der Waals surface area contributed by atoms with E-state index < -0.39 is 21.3 Å². The Kier molecular flexibility index (Phi) is 8.19. The van der Waals surface area contributed by atoms with Crippen molar-refractivity contribution in [3.8, 4) is 0 Å². The Bertz CT molecular complexity index is 1170. The van der Waals surface area contributed by atoms with Gasteiger partial charge >= 0.3 is 5.69 Å². The van der Waals surface area contributed by atoms with Crippen LogP contribution in [-0.4, -0.2) is 47.9 Å². The lowest BCUT2D eigenvalue weighted by Gasteiger charge is -2.19. The van der Waals surface area contributed by atoms with E-state index in [1.807, 2.05) is 0 Å². The molecule has 0 spiro atoms. The van der Waals surface area contributed by atoms with Crippen LogP contribution in [0.3, 0.4) is 0 Å². The van der Waals surface area contributed by atoms with Crippen molar-refractivity contribution >= 4 is 26.8 Å². The second-order valence-corrected chi connectivity index (χ2v) is 9.91. The summed E-state index contributed by atoms with van der Waals surface area (Å²) in [6.07, 6.45) is 4.16. The first-order chi connectivity index (χ1) is 14.5. The van der Waals surface area contributed by atoms with Crippen molar-refractivity contribution in [1.29, 1.82) is 0 Å². The summed E-state index contributed by atoms with van der Waals surface area (Å²) in [7, 11) is 0.178. The van der Waals surface area contributed by atoms with Crippen molar-refractivity contribution in [2.24, 2.45) is 20.0 Å². The number of hydrogen-bond donors (Lipinski definition) is 1. The summed E-state index contributed by atoms with van der Waals surface area (Å²) in [6.45, 7) is 4.38. The van der Waals surface area contributed by atoms with Crippen molar-refractivity contribution in [1.82, 2.24) is 18.8 Å². The molecular formula is C21H32N4O5S. The minimum absolute atomic E-state index is 0.111. The molecule has 1 aromatic heterocycles. The van der Waals surface area contributed by atoms with E-state index in [0.29, 0.717) is 18.0 Å². The lowest BCUT2D eigenvalue weighted by atomic mass is 9.99. The molecule has 0 saturated carbocycles. The van der Waals surface area contributed by atoms with Crippen LogP contribution in [0.1, 0.15) is 39.5 Å². The van der Waals surface area contributed by atoms with E-state index in [9.17, 15) is 22.8 Å². The highest BCUT2D eigenvalue weighted by molar-refractivity contribution is 7.89. The first kappa shape index (κ1) is 24.8. The number of nitrogens with one attached hydrogen (secondary N) is 1. The van der Waals surface area contributed by atoms with Gasteiger partial charge in [0.25, 0.3) is 5.56 Å². The molecule has 0 bridgehead atoms. The Morgan fingerprint density at radius 2 is 1.84 bits per heavy atom. The molecular weight excluding hydrogens is 420 g/mol. The molecule has 2 aromatic rings. The number of fused-ring (bicyclic) bond motifs is 1. The number of benzene rings is 1. The van der Waals surface area contributed by atoms with Crippen LogP contribution in [0, 0.1) is 5.92 Å². The van der Waals surface area contributed by atoms with Crippen molar-refractivity contribution in [3.05, 3.63) is 39.0 Å². The Morgan fingerprint density at radius 1 is 1.16 bits per heavy atom. The Labute approximate surface area is 182 Å². The number of rotatable bonds is 10. The number of nitrogens with zero attached hydrogens (tertiary/aromatic N) is 3. The van der Waals surface area contributed by atoms with Crippen molar-refractivity contribution < 1.29 is 13.2 Å². The molecule has 0 aliphatic rings. The average molecular weight is 453 g/mol. The van der Waals surface area contributed by atoms with Gasteiger partial charge in [0.15, 0.2) is 0 Å². The van der Waals surface area contributed by atoms with Gasteiger partial charge in [-0.15, -0.1) is 0 Å². The van der Waals surface area contributed by atoms with Crippen LogP contribution in [0.4, 0.5) is 0 Å². The summed E-state index contributed by atoms with van der Waals surface area (Å²) >= 11 is 0. The minimum atomic E-state index is -4.00. The number of aromatic nitrogens is 2. The fourth-order valence-corrected chi connectivity index (χ4v) is 4.61. The summed E-state index contributed by atoms with van der Waals surface area (Å²) in [4.78, 5) is 36.7. The zero-order valence-corrected chi connectivity index (χ0v) is 19.7. The number of hydrogen-bond acceptors (Lipinski definition) is 5. The summed E-state index contributed by atoms with van der Waals surface area (Å²) in [5.74, 6) is -0.00529. The third-order valence-electron chi connectivity index (χ3n) is 5.64. The van der Waals surface area contributed by atoms with E-state index in [0.717, 1.165) is 34.6 Å². The molecule has 1 amide bonds. The van der Waals surface area contributed by atoms with E-state index in [1.54, 1.807) is 0 Å². The topological polar surface area (TPSA) is 110 Å². The van der Waals surface area contributed by atoms with Gasteiger partial charge < -0.3 is 5.32 Å². The van der Waals surface area contributed by atoms with Gasteiger partial charge in [-0.1, -0.05) is 33.1 Å². The summed E-state index contributed by atoms with van der Waals surface area (Å²) in [6, 6.07) is 4.01. The second-order valence-electron chi connectivity index (χ2n) is 7.87. The lowest BCUT2D eigenvalue weighted by molar-refractivity contribution is -0.121. The van der Waals surface area contributed by atoms with Gasteiger partial charge in [0.1, 0.15) is 0 Å². The average Bonchev–Trinajstić information content (AvgIpc) is 2.75. The Hall–Kier alpha value is -2.46. The highest BCUT2D eigenvalue weighted by Crippen LogP contribution is 2.18. The monoisotopic (exact) mass is 452 g/mol. The van der Waals surface area contributed by atoms with Gasteiger partial charge in [-0.25, -0.2) is 13.2 Å². The largest absolute Gasteiger partial charge is 0.355 e. The standard InChI is InChI=1S/C21H32N4O5S/c1-6-8-9-15(7-2)13-22-19(26)14-23(3)31(29,30)16-10-11-18-17(12-16)20(27)25(5)21(28)24(18)4/h10-12,15H,6-9,13-14H2,1-5H3,(H,22,26). The second kappa shape index (κ2) is 10.2. The summed E-state index contributed by atoms with van der Waals surface area (Å²) < 4.78 is 29.1. The number of likely N-dealkylation sites (N-methyl/N-ethyl adjacent to an activating group) is 1. The van der Waals surface area contributed by atoms with Gasteiger partial charge in [0.05, 0.1) is 22.3 Å². The van der Waals surface area contributed by atoms with Crippen LogP contribution in [0.15, 0.2) is 32.7 Å². The summed E-state index contributed by atoms with van der Waals surface area (Å²) in [5, 5.41) is 2.94. The van der Waals surface area contributed by atoms with Gasteiger partial charge in [-0.05, 0) is 30.5 Å². The molecule has 1 N–H and O–H groups in total. The maximum absolute atomic E-state index is 13.0. The molecule has 1 heterocycles. The van der Waals surface area contributed by atoms with Gasteiger partial charge in [0.2, 0.25) is 15.9 Å². The highest BCUT2D eigenvalue weighted by Gasteiger charge is 2.24. The van der Waals surface area contributed by atoms with E-state index in [2.05, 4.69) is 19.2 Å². The fourth-order valence-electron chi connectivity index (χ4n) is 3.46. The van der Waals surface area contributed by atoms with Gasteiger partial charge in [-0.3, -0.25) is 18.7 Å². The third-order valence-corrected chi connectivity index (χ3v) is 7.44. The number of unbranched alkanes of at least 4 members (excludes halogenated alkanes) is 1. The normalized spacial score (nSPS) is 13.0. The molecule has 9 nitrogen and oxygen atoms in total. The summed E-state index contributed by atoms with van der Waals surface area (Å²) in [5.41, 5.74) is -0.732. The predicted octanol–water partition coefficient (Wildman–Crippen LogP) is 1.19. The zero-order valence-electron chi connectivity index (χ0n) is 18.8. The highest BCUT2D eigenvalue weighted by atomic mass is 32.2. The first-order valence-electron chi connectivity index (χ1n) is 10.5. The number of aryl methyl sites for hydroxylation is 1. The zero-order chi connectivity index (χ0) is 23.3. The van der Waals surface area contributed by atoms with Crippen LogP contribution in [0.25, 0.3) is 10.9 Å². The lowest BCUT2D eigenvalue weighted by Crippen LogP contribution is -2.40. The Morgan fingerprint density at radius 3 is 2.45 bits per heavy atom. The molecule has 1 unspecified atom stereocenters. The van der Waals surface area contributed by atoms with Crippen molar-refractivity contribution in [2.75, 3.05) is 20.1 Å². The SMILES string of the molecule is CCCCC(CC)CNC(=O)CN(C)S(=O)(=O)c1ccc2c(c1)c(=O)n(C)c(=O)n2C. The molecule has 0 aliphatic heterocycles. The number of carbonyl (C=O) groups excluding carboxylic acids is 1. The molecule has 0 fully saturated rings.